The van der Waals surface area contributed by atoms with E-state index in [9.17, 15) is 0 Å². The summed E-state index contributed by atoms with van der Waals surface area (Å²) < 4.78 is 0. The first-order valence-corrected chi connectivity index (χ1v) is 5.27. The highest BCUT2D eigenvalue weighted by molar-refractivity contribution is 4.72. The van der Waals surface area contributed by atoms with Crippen LogP contribution < -0.4 is 5.32 Å². The summed E-state index contributed by atoms with van der Waals surface area (Å²) >= 11 is 0. The smallest absolute Gasteiger partial charge is 0.00103 e. The van der Waals surface area contributed by atoms with Crippen LogP contribution in [-0.4, -0.2) is 12.6 Å². The van der Waals surface area contributed by atoms with E-state index in [-0.39, 0.29) is 0 Å². The van der Waals surface area contributed by atoms with Crippen LogP contribution in [0.3, 0.4) is 0 Å². The molecule has 0 heterocycles. The Morgan fingerprint density at radius 2 is 1.67 bits per heavy atom. The van der Waals surface area contributed by atoms with Gasteiger partial charge in [-0.3, -0.25) is 0 Å². The summed E-state index contributed by atoms with van der Waals surface area (Å²) in [7, 11) is 0. The monoisotopic (exact) mass is 171 g/mol. The first-order valence-electron chi connectivity index (χ1n) is 5.27. The van der Waals surface area contributed by atoms with E-state index >= 15 is 0 Å². The molecule has 0 saturated heterocycles. The topological polar surface area (TPSA) is 12.0 Å². The lowest BCUT2D eigenvalue weighted by Crippen LogP contribution is -2.28. The summed E-state index contributed by atoms with van der Waals surface area (Å²) in [6.07, 6.45) is 3.89. The molecule has 0 rings (SSSR count). The molecule has 0 spiro atoms. The molecule has 1 N–H and O–H groups in total. The maximum absolute atomic E-state index is 3.47. The average Bonchev–Trinajstić information content (AvgIpc) is 2.03. The lowest BCUT2D eigenvalue weighted by atomic mass is 9.81. The predicted octanol–water partition coefficient (Wildman–Crippen LogP) is 3.20. The number of hydrogen-bond donors (Lipinski definition) is 1. The second kappa shape index (κ2) is 5.58. The van der Waals surface area contributed by atoms with E-state index in [2.05, 4.69) is 39.9 Å². The number of nitrogens with one attached hydrogen (secondary N) is 1. The highest BCUT2D eigenvalue weighted by Crippen LogP contribution is 2.28. The fraction of sp³-hybridized carbons (Fsp3) is 1.00. The molecule has 74 valence electrons. The molecule has 0 fully saturated rings. The molecular formula is C11H25N. The van der Waals surface area contributed by atoms with Crippen LogP contribution in [0.15, 0.2) is 0 Å². The lowest BCUT2D eigenvalue weighted by Gasteiger charge is -2.27. The van der Waals surface area contributed by atoms with Gasteiger partial charge in [-0.25, -0.2) is 0 Å². The Morgan fingerprint density at radius 1 is 1.17 bits per heavy atom. The van der Waals surface area contributed by atoms with E-state index < -0.39 is 0 Å². The predicted molar refractivity (Wildman–Crippen MR) is 56.4 cm³/mol. The second-order valence-electron chi connectivity index (χ2n) is 4.38. The van der Waals surface area contributed by atoms with Crippen molar-refractivity contribution in [3.63, 3.8) is 0 Å². The van der Waals surface area contributed by atoms with Gasteiger partial charge < -0.3 is 5.32 Å². The largest absolute Gasteiger partial charge is 0.315 e. The summed E-state index contributed by atoms with van der Waals surface area (Å²) in [6, 6.07) is 0.628. The Labute approximate surface area is 77.9 Å². The third-order valence-electron chi connectivity index (χ3n) is 2.99. The van der Waals surface area contributed by atoms with Crippen LogP contribution >= 0.6 is 0 Å². The third kappa shape index (κ3) is 4.76. The van der Waals surface area contributed by atoms with Crippen LogP contribution in [0.1, 0.15) is 53.9 Å². The second-order valence-corrected chi connectivity index (χ2v) is 4.38. The molecule has 0 aliphatic heterocycles. The zero-order chi connectivity index (χ0) is 9.61. The molecular weight excluding hydrogens is 146 g/mol. The van der Waals surface area contributed by atoms with Gasteiger partial charge in [0.15, 0.2) is 0 Å². The van der Waals surface area contributed by atoms with Gasteiger partial charge in [0.05, 0.1) is 0 Å². The zero-order valence-corrected chi connectivity index (χ0v) is 9.41. The van der Waals surface area contributed by atoms with E-state index in [1.165, 1.54) is 19.3 Å². The molecule has 1 heteroatoms. The number of rotatable bonds is 6. The van der Waals surface area contributed by atoms with Gasteiger partial charge in [0.2, 0.25) is 0 Å². The molecule has 0 bridgehead atoms. The highest BCUT2D eigenvalue weighted by Gasteiger charge is 2.18. The van der Waals surface area contributed by atoms with Crippen molar-refractivity contribution < 1.29 is 0 Å². The van der Waals surface area contributed by atoms with Crippen molar-refractivity contribution in [3.8, 4) is 0 Å². The standard InChI is InChI=1S/C11H25N/c1-6-11(5,7-2)8-9-12-10(3)4/h10,12H,6-9H2,1-5H3. The molecule has 1 nitrogen and oxygen atoms in total. The SMILES string of the molecule is CCC(C)(CC)CCNC(C)C. The van der Waals surface area contributed by atoms with Gasteiger partial charge in [-0.1, -0.05) is 47.5 Å². The minimum atomic E-state index is 0.557. The van der Waals surface area contributed by atoms with Crippen molar-refractivity contribution in [2.75, 3.05) is 6.54 Å². The molecule has 0 unspecified atom stereocenters. The van der Waals surface area contributed by atoms with Crippen molar-refractivity contribution in [2.45, 2.75) is 59.9 Å². The Kier molecular flexibility index (Phi) is 5.56. The van der Waals surface area contributed by atoms with Crippen LogP contribution in [0.25, 0.3) is 0 Å². The van der Waals surface area contributed by atoms with E-state index in [1.807, 2.05) is 0 Å². The molecule has 0 radical (unpaired) electrons. The van der Waals surface area contributed by atoms with Gasteiger partial charge >= 0.3 is 0 Å². The van der Waals surface area contributed by atoms with E-state index in [0.717, 1.165) is 6.54 Å². The minimum absolute atomic E-state index is 0.557. The van der Waals surface area contributed by atoms with Crippen LogP contribution in [-0.2, 0) is 0 Å². The van der Waals surface area contributed by atoms with Crippen molar-refractivity contribution in [1.82, 2.24) is 5.32 Å². The molecule has 0 amide bonds. The van der Waals surface area contributed by atoms with E-state index in [0.29, 0.717) is 11.5 Å². The molecule has 0 aromatic heterocycles. The Bertz CT molecular complexity index is 104. The summed E-state index contributed by atoms with van der Waals surface area (Å²) in [6.45, 7) is 12.5. The molecule has 0 atom stereocenters. The summed E-state index contributed by atoms with van der Waals surface area (Å²) in [5.74, 6) is 0. The van der Waals surface area contributed by atoms with Gasteiger partial charge in [-0.2, -0.15) is 0 Å². The van der Waals surface area contributed by atoms with E-state index in [4.69, 9.17) is 0 Å². The number of hydrogen-bond acceptors (Lipinski definition) is 1. The normalized spacial score (nSPS) is 12.5. The lowest BCUT2D eigenvalue weighted by molar-refractivity contribution is 0.266. The van der Waals surface area contributed by atoms with Gasteiger partial charge in [0.25, 0.3) is 0 Å². The first-order chi connectivity index (χ1) is 5.54. The quantitative estimate of drug-likeness (QED) is 0.647. The van der Waals surface area contributed by atoms with Crippen molar-refractivity contribution in [3.05, 3.63) is 0 Å². The van der Waals surface area contributed by atoms with Crippen LogP contribution in [0.5, 0.6) is 0 Å². The summed E-state index contributed by atoms with van der Waals surface area (Å²) in [5, 5.41) is 3.47. The maximum Gasteiger partial charge on any atom is 0.00103 e. The summed E-state index contributed by atoms with van der Waals surface area (Å²) in [5.41, 5.74) is 0.557. The van der Waals surface area contributed by atoms with Gasteiger partial charge in [-0.05, 0) is 18.4 Å². The first kappa shape index (κ1) is 12.0. The van der Waals surface area contributed by atoms with Crippen molar-refractivity contribution in [2.24, 2.45) is 5.41 Å². The maximum atomic E-state index is 3.47. The van der Waals surface area contributed by atoms with Gasteiger partial charge in [0.1, 0.15) is 0 Å². The van der Waals surface area contributed by atoms with Crippen LogP contribution in [0, 0.1) is 5.41 Å². The zero-order valence-electron chi connectivity index (χ0n) is 9.41. The fourth-order valence-corrected chi connectivity index (χ4v) is 1.27. The Hall–Kier alpha value is -0.0400. The van der Waals surface area contributed by atoms with Gasteiger partial charge in [0, 0.05) is 6.04 Å². The summed E-state index contributed by atoms with van der Waals surface area (Å²) in [4.78, 5) is 0. The molecule has 0 aromatic rings. The van der Waals surface area contributed by atoms with Crippen molar-refractivity contribution >= 4 is 0 Å². The molecule has 0 saturated carbocycles. The van der Waals surface area contributed by atoms with Crippen molar-refractivity contribution in [1.29, 1.82) is 0 Å². The van der Waals surface area contributed by atoms with Gasteiger partial charge in [-0.15, -0.1) is 0 Å². The van der Waals surface area contributed by atoms with Crippen LogP contribution in [0.4, 0.5) is 0 Å². The highest BCUT2D eigenvalue weighted by atomic mass is 14.9. The average molecular weight is 171 g/mol. The molecule has 0 aromatic carbocycles. The van der Waals surface area contributed by atoms with E-state index in [1.54, 1.807) is 0 Å². The molecule has 12 heavy (non-hydrogen) atoms. The molecule has 0 aliphatic rings. The Balaban J connectivity index is 3.58. The fourth-order valence-electron chi connectivity index (χ4n) is 1.27. The molecule has 0 aliphatic carbocycles. The Morgan fingerprint density at radius 3 is 2.00 bits per heavy atom. The van der Waals surface area contributed by atoms with Crippen LogP contribution in [0.2, 0.25) is 0 Å². The third-order valence-corrected chi connectivity index (χ3v) is 2.99. The minimum Gasteiger partial charge on any atom is -0.315 e.